The molecule has 0 spiro atoms. The van der Waals surface area contributed by atoms with Gasteiger partial charge in [0.25, 0.3) is 0 Å². The number of carboxylic acids is 1. The van der Waals surface area contributed by atoms with Gasteiger partial charge in [-0.05, 0) is 73.1 Å². The number of methoxy groups -OCH3 is 1. The summed E-state index contributed by atoms with van der Waals surface area (Å²) in [6.45, 7) is 4.16. The van der Waals surface area contributed by atoms with Gasteiger partial charge >= 0.3 is 5.97 Å². The molecular formula is C31H31ClN4O4S. The van der Waals surface area contributed by atoms with Crippen LogP contribution in [0.1, 0.15) is 46.2 Å². The van der Waals surface area contributed by atoms with E-state index in [9.17, 15) is 9.90 Å². The van der Waals surface area contributed by atoms with Crippen molar-refractivity contribution in [3.05, 3.63) is 87.6 Å². The molecule has 1 N–H and O–H groups in total. The van der Waals surface area contributed by atoms with Crippen molar-refractivity contribution in [2.24, 2.45) is 0 Å². The Morgan fingerprint density at radius 3 is 2.78 bits per heavy atom. The van der Waals surface area contributed by atoms with Crippen LogP contribution in [-0.2, 0) is 24.4 Å². The van der Waals surface area contributed by atoms with E-state index in [4.69, 9.17) is 31.0 Å². The number of carboxylic acid groups (broad SMARTS) is 1. The Bertz CT molecular complexity index is 1690. The number of nitrogens with zero attached hydrogens (tertiary/aromatic N) is 4. The molecule has 10 heteroatoms. The van der Waals surface area contributed by atoms with Crippen LogP contribution in [0.25, 0.3) is 21.1 Å². The zero-order chi connectivity index (χ0) is 28.3. The van der Waals surface area contributed by atoms with Gasteiger partial charge in [0, 0.05) is 46.6 Å². The lowest BCUT2D eigenvalue weighted by Crippen LogP contribution is -2.33. The number of likely N-dealkylation sites (tertiary alicyclic amines) is 1. The van der Waals surface area contributed by atoms with E-state index in [1.165, 1.54) is 5.39 Å². The summed E-state index contributed by atoms with van der Waals surface area (Å²) in [5, 5.41) is 13.5. The van der Waals surface area contributed by atoms with Gasteiger partial charge in [-0.2, -0.15) is 0 Å². The first-order valence-corrected chi connectivity index (χ1v) is 14.9. The first kappa shape index (κ1) is 27.7. The average Bonchev–Trinajstić information content (AvgIpc) is 3.54. The van der Waals surface area contributed by atoms with Gasteiger partial charge in [-0.1, -0.05) is 23.7 Å². The van der Waals surface area contributed by atoms with Gasteiger partial charge in [0.05, 0.1) is 29.7 Å². The minimum Gasteiger partial charge on any atom is -0.478 e. The first-order chi connectivity index (χ1) is 20.0. The second-order valence-electron chi connectivity index (χ2n) is 10.3. The molecule has 3 aromatic heterocycles. The Morgan fingerprint density at radius 1 is 1.12 bits per heavy atom. The third-order valence-corrected chi connectivity index (χ3v) is 8.93. The zero-order valence-corrected chi connectivity index (χ0v) is 24.3. The Kier molecular flexibility index (Phi) is 8.20. The molecule has 1 saturated heterocycles. The highest BCUT2D eigenvalue weighted by atomic mass is 35.5. The van der Waals surface area contributed by atoms with Crippen LogP contribution in [0.15, 0.2) is 60.0 Å². The van der Waals surface area contributed by atoms with Crippen molar-refractivity contribution in [1.29, 1.82) is 0 Å². The smallest absolute Gasteiger partial charge is 0.335 e. The summed E-state index contributed by atoms with van der Waals surface area (Å²) in [7, 11) is 1.67. The highest BCUT2D eigenvalue weighted by molar-refractivity contribution is 7.17. The lowest BCUT2D eigenvalue weighted by atomic mass is 9.93. The highest BCUT2D eigenvalue weighted by Gasteiger charge is 2.24. The maximum Gasteiger partial charge on any atom is 0.335 e. The minimum atomic E-state index is -0.941. The van der Waals surface area contributed by atoms with Gasteiger partial charge < -0.3 is 19.1 Å². The third kappa shape index (κ3) is 6.08. The van der Waals surface area contributed by atoms with Crippen LogP contribution in [-0.4, -0.2) is 57.3 Å². The molecule has 0 atom stereocenters. The highest BCUT2D eigenvalue weighted by Crippen LogP contribution is 2.31. The fourth-order valence-corrected chi connectivity index (χ4v) is 6.73. The molecule has 1 aliphatic heterocycles. The Hall–Kier alpha value is -3.50. The van der Waals surface area contributed by atoms with Gasteiger partial charge in [-0.3, -0.25) is 4.90 Å². The summed E-state index contributed by atoms with van der Waals surface area (Å²) in [5.41, 5.74) is 4.09. The number of rotatable bonds is 10. The standard InChI is InChI=1S/C31H31ClN4O4S/c1-39-14-13-36-27-15-21(31(37)38)5-8-26(27)33-29(36)17-35-11-9-20(10-12-35)25-3-2-4-30(34-25)40-18-22-19-41-28-16-23(32)6-7-24(22)28/h2-8,15-16,19-20H,9-14,17-18H2,1H3,(H,37,38). The van der Waals surface area contributed by atoms with Crippen LogP contribution in [0, 0.1) is 0 Å². The maximum absolute atomic E-state index is 11.5. The van der Waals surface area contributed by atoms with Crippen molar-refractivity contribution >= 4 is 50.0 Å². The number of ether oxygens (including phenoxy) is 2. The van der Waals surface area contributed by atoms with E-state index in [0.29, 0.717) is 38.1 Å². The second kappa shape index (κ2) is 12.2. The van der Waals surface area contributed by atoms with Gasteiger partial charge in [0.15, 0.2) is 0 Å². The maximum atomic E-state index is 11.5. The number of fused-ring (bicyclic) bond motifs is 2. The molecule has 41 heavy (non-hydrogen) atoms. The summed E-state index contributed by atoms with van der Waals surface area (Å²) >= 11 is 7.81. The molecular weight excluding hydrogens is 560 g/mol. The van der Waals surface area contributed by atoms with E-state index in [-0.39, 0.29) is 5.56 Å². The van der Waals surface area contributed by atoms with Crippen LogP contribution < -0.4 is 4.74 Å². The van der Waals surface area contributed by atoms with Crippen LogP contribution in [0.3, 0.4) is 0 Å². The molecule has 6 rings (SSSR count). The van der Waals surface area contributed by atoms with Crippen molar-refractivity contribution in [3.63, 3.8) is 0 Å². The van der Waals surface area contributed by atoms with E-state index in [2.05, 4.69) is 20.9 Å². The summed E-state index contributed by atoms with van der Waals surface area (Å²) in [4.78, 5) is 23.7. The molecule has 0 bridgehead atoms. The molecule has 212 valence electrons. The van der Waals surface area contributed by atoms with Crippen LogP contribution in [0.5, 0.6) is 5.88 Å². The molecule has 0 saturated carbocycles. The number of benzene rings is 2. The molecule has 1 fully saturated rings. The molecule has 0 unspecified atom stereocenters. The van der Waals surface area contributed by atoms with Crippen LogP contribution in [0.4, 0.5) is 0 Å². The van der Waals surface area contributed by atoms with Gasteiger partial charge in [-0.15, -0.1) is 11.3 Å². The molecule has 8 nitrogen and oxygen atoms in total. The largest absolute Gasteiger partial charge is 0.478 e. The van der Waals surface area contributed by atoms with Gasteiger partial charge in [-0.25, -0.2) is 14.8 Å². The number of carbonyl (C=O) groups is 1. The number of imidazole rings is 1. The number of hydrogen-bond acceptors (Lipinski definition) is 7. The van der Waals surface area contributed by atoms with E-state index >= 15 is 0 Å². The predicted molar refractivity (Wildman–Crippen MR) is 161 cm³/mol. The van der Waals surface area contributed by atoms with Crippen LogP contribution in [0.2, 0.25) is 5.02 Å². The molecule has 0 aliphatic carbocycles. The number of piperidine rings is 1. The SMILES string of the molecule is COCCn1c(CN2CCC(c3cccc(OCc4csc5cc(Cl)ccc45)n3)CC2)nc2ccc(C(=O)O)cc21. The number of pyridine rings is 1. The molecule has 1 aliphatic rings. The normalized spacial score (nSPS) is 14.7. The number of thiophene rings is 1. The van der Waals surface area contributed by atoms with Crippen molar-refractivity contribution in [1.82, 2.24) is 19.4 Å². The Labute approximate surface area is 247 Å². The lowest BCUT2D eigenvalue weighted by Gasteiger charge is -2.31. The van der Waals surface area contributed by atoms with E-state index in [0.717, 1.165) is 63.8 Å². The number of aromatic carboxylic acids is 1. The van der Waals surface area contributed by atoms with Crippen molar-refractivity contribution in [2.75, 3.05) is 26.8 Å². The van der Waals surface area contributed by atoms with Gasteiger partial charge in [0.1, 0.15) is 12.4 Å². The van der Waals surface area contributed by atoms with E-state index in [1.54, 1.807) is 36.6 Å². The molecule has 0 radical (unpaired) electrons. The summed E-state index contributed by atoms with van der Waals surface area (Å²) in [6.07, 6.45) is 1.99. The Morgan fingerprint density at radius 2 is 1.98 bits per heavy atom. The zero-order valence-electron chi connectivity index (χ0n) is 22.8. The Balaban J connectivity index is 1.10. The summed E-state index contributed by atoms with van der Waals surface area (Å²) in [6, 6.07) is 17.1. The van der Waals surface area contributed by atoms with E-state index in [1.807, 2.05) is 30.3 Å². The van der Waals surface area contributed by atoms with Crippen LogP contribution >= 0.6 is 22.9 Å². The first-order valence-electron chi connectivity index (χ1n) is 13.7. The van der Waals surface area contributed by atoms with Crippen molar-refractivity contribution in [3.8, 4) is 5.88 Å². The number of hydrogen-bond donors (Lipinski definition) is 1. The fourth-order valence-electron chi connectivity index (χ4n) is 5.50. The monoisotopic (exact) mass is 590 g/mol. The lowest BCUT2D eigenvalue weighted by molar-refractivity contribution is 0.0697. The molecule has 5 aromatic rings. The quantitative estimate of drug-likeness (QED) is 0.196. The van der Waals surface area contributed by atoms with E-state index < -0.39 is 5.97 Å². The third-order valence-electron chi connectivity index (χ3n) is 7.70. The fraction of sp³-hybridized carbons (Fsp3) is 0.323. The predicted octanol–water partition coefficient (Wildman–Crippen LogP) is 6.60. The van der Waals surface area contributed by atoms with Crippen molar-refractivity contribution < 1.29 is 19.4 Å². The summed E-state index contributed by atoms with van der Waals surface area (Å²) < 4.78 is 14.7. The molecule has 0 amide bonds. The van der Waals surface area contributed by atoms with Crippen molar-refractivity contribution in [2.45, 2.75) is 38.5 Å². The molecule has 2 aromatic carbocycles. The number of halogens is 1. The minimum absolute atomic E-state index is 0.260. The number of aromatic nitrogens is 3. The summed E-state index contributed by atoms with van der Waals surface area (Å²) in [5.74, 6) is 0.994. The van der Waals surface area contributed by atoms with Gasteiger partial charge in [0.2, 0.25) is 5.88 Å². The topological polar surface area (TPSA) is 89.7 Å². The molecule has 4 heterocycles. The second-order valence-corrected chi connectivity index (χ2v) is 11.7. The average molecular weight is 591 g/mol.